The van der Waals surface area contributed by atoms with Crippen LogP contribution in [0.25, 0.3) is 0 Å². The Morgan fingerprint density at radius 1 is 1.25 bits per heavy atom. The van der Waals surface area contributed by atoms with Crippen molar-refractivity contribution >= 4 is 5.97 Å². The number of oxazole rings is 1. The van der Waals surface area contributed by atoms with Gasteiger partial charge in [0.1, 0.15) is 5.76 Å². The summed E-state index contributed by atoms with van der Waals surface area (Å²) in [6, 6.07) is 6.91. The Labute approximate surface area is 117 Å². The molecular formula is C15H18N2O3. The monoisotopic (exact) mass is 274 g/mol. The molecular weight excluding hydrogens is 256 g/mol. The van der Waals surface area contributed by atoms with Crippen molar-refractivity contribution in [3.8, 4) is 0 Å². The van der Waals surface area contributed by atoms with E-state index in [0.29, 0.717) is 18.0 Å². The number of hydrogen-bond acceptors (Lipinski definition) is 4. The van der Waals surface area contributed by atoms with Crippen LogP contribution in [0.4, 0.5) is 0 Å². The van der Waals surface area contributed by atoms with Crippen molar-refractivity contribution in [1.82, 2.24) is 9.88 Å². The number of benzene rings is 1. The molecule has 1 N–H and O–H groups in total. The Morgan fingerprint density at radius 3 is 2.40 bits per heavy atom. The number of aromatic carboxylic acids is 1. The Morgan fingerprint density at radius 2 is 1.90 bits per heavy atom. The molecule has 0 unspecified atom stereocenters. The molecule has 106 valence electrons. The number of aromatic nitrogens is 1. The average Bonchev–Trinajstić information content (AvgIpc) is 2.68. The molecule has 0 atom stereocenters. The van der Waals surface area contributed by atoms with Gasteiger partial charge in [0.25, 0.3) is 0 Å². The zero-order chi connectivity index (χ0) is 14.7. The van der Waals surface area contributed by atoms with E-state index >= 15 is 0 Å². The first kappa shape index (κ1) is 14.3. The van der Waals surface area contributed by atoms with Crippen LogP contribution < -0.4 is 0 Å². The number of carbonyl (C=O) groups is 1. The van der Waals surface area contributed by atoms with E-state index in [1.165, 1.54) is 0 Å². The van der Waals surface area contributed by atoms with Crippen molar-refractivity contribution in [3.63, 3.8) is 0 Å². The number of rotatable bonds is 5. The van der Waals surface area contributed by atoms with Crippen molar-refractivity contribution in [2.75, 3.05) is 7.05 Å². The second kappa shape index (κ2) is 5.88. The lowest BCUT2D eigenvalue weighted by molar-refractivity contribution is 0.0697. The Kier molecular flexibility index (Phi) is 4.20. The number of nitrogens with zero attached hydrogens (tertiary/aromatic N) is 2. The van der Waals surface area contributed by atoms with E-state index in [1.807, 2.05) is 33.0 Å². The molecule has 0 aliphatic heterocycles. The lowest BCUT2D eigenvalue weighted by Gasteiger charge is -2.15. The van der Waals surface area contributed by atoms with Crippen LogP contribution in [-0.2, 0) is 13.1 Å². The van der Waals surface area contributed by atoms with Gasteiger partial charge in [0.2, 0.25) is 0 Å². The molecule has 0 saturated carbocycles. The SMILES string of the molecule is Cc1nc(CN(C)Cc2ccc(C(=O)O)cc2)c(C)o1. The minimum absolute atomic E-state index is 0.305. The standard InChI is InChI=1S/C15H18N2O3/c1-10-14(16-11(2)20-10)9-17(3)8-12-4-6-13(7-5-12)15(18)19/h4-7H,8-9H2,1-3H3,(H,18,19). The van der Waals surface area contributed by atoms with Gasteiger partial charge in [-0.25, -0.2) is 9.78 Å². The molecule has 0 spiro atoms. The molecule has 0 fully saturated rings. The third-order valence-electron chi connectivity index (χ3n) is 3.07. The summed E-state index contributed by atoms with van der Waals surface area (Å²) in [5.74, 6) is 0.617. The van der Waals surface area contributed by atoms with Crippen LogP contribution in [-0.4, -0.2) is 28.0 Å². The number of carboxylic acids is 1. The Bertz CT molecular complexity index is 602. The molecule has 20 heavy (non-hydrogen) atoms. The molecule has 0 bridgehead atoms. The highest BCUT2D eigenvalue weighted by atomic mass is 16.4. The van der Waals surface area contributed by atoms with Gasteiger partial charge >= 0.3 is 5.97 Å². The zero-order valence-corrected chi connectivity index (χ0v) is 11.9. The van der Waals surface area contributed by atoms with E-state index < -0.39 is 5.97 Å². The molecule has 5 nitrogen and oxygen atoms in total. The molecule has 2 rings (SSSR count). The van der Waals surface area contributed by atoms with Gasteiger partial charge in [0.15, 0.2) is 5.89 Å². The minimum Gasteiger partial charge on any atom is -0.478 e. The molecule has 1 aromatic heterocycles. The highest BCUT2D eigenvalue weighted by Crippen LogP contribution is 2.13. The van der Waals surface area contributed by atoms with Gasteiger partial charge < -0.3 is 9.52 Å². The fourth-order valence-corrected chi connectivity index (χ4v) is 2.09. The smallest absolute Gasteiger partial charge is 0.335 e. The lowest BCUT2D eigenvalue weighted by Crippen LogP contribution is -2.18. The maximum atomic E-state index is 10.8. The van der Waals surface area contributed by atoms with Crippen molar-refractivity contribution in [1.29, 1.82) is 0 Å². The van der Waals surface area contributed by atoms with Crippen LogP contribution in [0.1, 0.15) is 33.3 Å². The summed E-state index contributed by atoms with van der Waals surface area (Å²) in [7, 11) is 1.99. The van der Waals surface area contributed by atoms with Gasteiger partial charge in [0.05, 0.1) is 11.3 Å². The number of hydrogen-bond donors (Lipinski definition) is 1. The van der Waals surface area contributed by atoms with E-state index in [-0.39, 0.29) is 0 Å². The maximum absolute atomic E-state index is 10.8. The lowest BCUT2D eigenvalue weighted by atomic mass is 10.1. The minimum atomic E-state index is -0.904. The first-order valence-corrected chi connectivity index (χ1v) is 6.39. The summed E-state index contributed by atoms with van der Waals surface area (Å²) < 4.78 is 5.40. The van der Waals surface area contributed by atoms with Gasteiger partial charge in [-0.15, -0.1) is 0 Å². The second-order valence-electron chi connectivity index (χ2n) is 4.91. The van der Waals surface area contributed by atoms with Gasteiger partial charge in [-0.2, -0.15) is 0 Å². The molecule has 0 aliphatic carbocycles. The van der Waals surface area contributed by atoms with Crippen molar-refractivity contribution in [2.24, 2.45) is 0 Å². The van der Waals surface area contributed by atoms with Gasteiger partial charge in [0, 0.05) is 20.0 Å². The Balaban J connectivity index is 1.99. The maximum Gasteiger partial charge on any atom is 0.335 e. The quantitative estimate of drug-likeness (QED) is 0.907. The molecule has 1 heterocycles. The highest BCUT2D eigenvalue weighted by Gasteiger charge is 2.10. The van der Waals surface area contributed by atoms with E-state index in [9.17, 15) is 4.79 Å². The third kappa shape index (κ3) is 3.45. The Hall–Kier alpha value is -2.14. The van der Waals surface area contributed by atoms with Gasteiger partial charge in [-0.3, -0.25) is 4.90 Å². The number of aryl methyl sites for hydroxylation is 2. The fraction of sp³-hybridized carbons (Fsp3) is 0.333. The summed E-state index contributed by atoms with van der Waals surface area (Å²) in [4.78, 5) is 17.2. The first-order valence-electron chi connectivity index (χ1n) is 6.39. The molecule has 0 amide bonds. The summed E-state index contributed by atoms with van der Waals surface area (Å²) in [5, 5.41) is 8.86. The van der Waals surface area contributed by atoms with Gasteiger partial charge in [-0.1, -0.05) is 12.1 Å². The summed E-state index contributed by atoms with van der Waals surface area (Å²) in [6.07, 6.45) is 0. The topological polar surface area (TPSA) is 66.6 Å². The normalized spacial score (nSPS) is 11.0. The van der Waals surface area contributed by atoms with Crippen molar-refractivity contribution in [3.05, 3.63) is 52.7 Å². The van der Waals surface area contributed by atoms with Crippen LogP contribution in [0.5, 0.6) is 0 Å². The molecule has 0 aliphatic rings. The van der Waals surface area contributed by atoms with Crippen LogP contribution in [0.15, 0.2) is 28.7 Å². The fourth-order valence-electron chi connectivity index (χ4n) is 2.09. The predicted molar refractivity (Wildman–Crippen MR) is 74.5 cm³/mol. The van der Waals surface area contributed by atoms with Crippen LogP contribution >= 0.6 is 0 Å². The molecule has 0 saturated heterocycles. The van der Waals surface area contributed by atoms with E-state index in [0.717, 1.165) is 23.6 Å². The predicted octanol–water partition coefficient (Wildman–Crippen LogP) is 2.62. The van der Waals surface area contributed by atoms with Crippen LogP contribution in [0.2, 0.25) is 0 Å². The largest absolute Gasteiger partial charge is 0.478 e. The highest BCUT2D eigenvalue weighted by molar-refractivity contribution is 5.87. The number of carboxylic acid groups (broad SMARTS) is 1. The summed E-state index contributed by atoms with van der Waals surface area (Å²) in [6.45, 7) is 5.17. The first-order chi connectivity index (χ1) is 9.45. The molecule has 5 heteroatoms. The summed E-state index contributed by atoms with van der Waals surface area (Å²) >= 11 is 0. The molecule has 0 radical (unpaired) electrons. The van der Waals surface area contributed by atoms with Crippen molar-refractivity contribution < 1.29 is 14.3 Å². The van der Waals surface area contributed by atoms with E-state index in [4.69, 9.17) is 9.52 Å². The summed E-state index contributed by atoms with van der Waals surface area (Å²) in [5.41, 5.74) is 2.31. The van der Waals surface area contributed by atoms with Gasteiger partial charge in [-0.05, 0) is 31.7 Å². The molecule has 1 aromatic carbocycles. The van der Waals surface area contributed by atoms with Crippen LogP contribution in [0.3, 0.4) is 0 Å². The third-order valence-corrected chi connectivity index (χ3v) is 3.07. The average molecular weight is 274 g/mol. The molecule has 2 aromatic rings. The van der Waals surface area contributed by atoms with E-state index in [1.54, 1.807) is 12.1 Å². The van der Waals surface area contributed by atoms with Crippen LogP contribution in [0, 0.1) is 13.8 Å². The zero-order valence-electron chi connectivity index (χ0n) is 11.9. The van der Waals surface area contributed by atoms with Crippen molar-refractivity contribution in [2.45, 2.75) is 26.9 Å². The van der Waals surface area contributed by atoms with E-state index in [2.05, 4.69) is 9.88 Å². The second-order valence-corrected chi connectivity index (χ2v) is 4.91.